The Morgan fingerprint density at radius 1 is 1.03 bits per heavy atom. The van der Waals surface area contributed by atoms with Gasteiger partial charge in [0.25, 0.3) is 11.5 Å². The number of nitrogens with zero attached hydrogens (tertiary/aromatic N) is 1. The minimum atomic E-state index is -5.02. The molecule has 0 unspecified atom stereocenters. The van der Waals surface area contributed by atoms with Crippen molar-refractivity contribution in [1.82, 2.24) is 10.2 Å². The lowest BCUT2D eigenvalue weighted by Crippen LogP contribution is -2.60. The Morgan fingerprint density at radius 2 is 1.64 bits per heavy atom. The first kappa shape index (κ1) is 25.9. The van der Waals surface area contributed by atoms with Crippen LogP contribution in [0.5, 0.6) is 5.75 Å². The summed E-state index contributed by atoms with van der Waals surface area (Å²) in [5.74, 6) is -1.52. The molecule has 1 N–H and O–H groups in total. The van der Waals surface area contributed by atoms with Crippen LogP contribution < -0.4 is 10.1 Å². The molecule has 36 heavy (non-hydrogen) atoms. The molecule has 2 aromatic carbocycles. The van der Waals surface area contributed by atoms with Gasteiger partial charge in [-0.3, -0.25) is 9.59 Å². The second-order valence-corrected chi connectivity index (χ2v) is 9.35. The van der Waals surface area contributed by atoms with Gasteiger partial charge in [0.2, 0.25) is 5.91 Å². The van der Waals surface area contributed by atoms with Crippen molar-refractivity contribution in [3.05, 3.63) is 65.5 Å². The van der Waals surface area contributed by atoms with Crippen LogP contribution in [0, 0.1) is 11.2 Å². The Morgan fingerprint density at radius 3 is 2.17 bits per heavy atom. The lowest BCUT2D eigenvalue weighted by molar-refractivity contribution is -0.271. The van der Waals surface area contributed by atoms with Crippen LogP contribution in [0.25, 0.3) is 0 Å². The van der Waals surface area contributed by atoms with E-state index in [-0.39, 0.29) is 42.7 Å². The van der Waals surface area contributed by atoms with Crippen LogP contribution in [0.1, 0.15) is 36.3 Å². The molecule has 2 aliphatic rings. The zero-order valence-corrected chi connectivity index (χ0v) is 20.0. The molecule has 0 aromatic heterocycles. The number of methoxy groups -OCH3 is 2. The topological polar surface area (TPSA) is 67.9 Å². The maximum Gasteiger partial charge on any atom is 0.430 e. The van der Waals surface area contributed by atoms with Crippen molar-refractivity contribution >= 4 is 11.8 Å². The lowest BCUT2D eigenvalue weighted by atomic mass is 9.62. The number of hydrogen-bond donors (Lipinski definition) is 1. The van der Waals surface area contributed by atoms with Crippen molar-refractivity contribution in [1.29, 1.82) is 0 Å². The predicted octanol–water partition coefficient (Wildman–Crippen LogP) is 4.15. The Kier molecular flexibility index (Phi) is 7.01. The van der Waals surface area contributed by atoms with Gasteiger partial charge in [-0.1, -0.05) is 24.3 Å². The number of halogens is 4. The summed E-state index contributed by atoms with van der Waals surface area (Å²) in [7, 11) is 2.26. The molecule has 2 fully saturated rings. The van der Waals surface area contributed by atoms with Crippen LogP contribution in [-0.4, -0.2) is 56.7 Å². The number of benzene rings is 2. The standard InChI is InChI=1S/C26H28F4N2O4/c1-35-20-9-5-18(6-10-20)25(36-2,26(28,29)30)23(34)32-13-11-24(12-14-32)15-22(33)31-16-21(24)17-3-7-19(27)8-4-17/h3-10,21H,11-16H2,1-2H3,(H,31,33)/t21-,25+/m0/s1. The number of carbonyl (C=O) groups is 2. The Hall–Kier alpha value is -3.14. The van der Waals surface area contributed by atoms with E-state index in [0.29, 0.717) is 25.1 Å². The van der Waals surface area contributed by atoms with Gasteiger partial charge in [0, 0.05) is 44.6 Å². The second kappa shape index (κ2) is 9.72. The Labute approximate surface area is 206 Å². The molecule has 6 nitrogen and oxygen atoms in total. The van der Waals surface area contributed by atoms with Crippen LogP contribution >= 0.6 is 0 Å². The largest absolute Gasteiger partial charge is 0.497 e. The first-order chi connectivity index (χ1) is 17.1. The highest BCUT2D eigenvalue weighted by atomic mass is 19.4. The monoisotopic (exact) mass is 508 g/mol. The molecule has 2 atom stereocenters. The zero-order valence-electron chi connectivity index (χ0n) is 20.0. The van der Waals surface area contributed by atoms with E-state index in [9.17, 15) is 27.2 Å². The van der Waals surface area contributed by atoms with E-state index in [0.717, 1.165) is 12.7 Å². The summed E-state index contributed by atoms with van der Waals surface area (Å²) < 4.78 is 66.9. The number of likely N-dealkylation sites (tertiary alicyclic amines) is 1. The molecule has 0 radical (unpaired) electrons. The van der Waals surface area contributed by atoms with Crippen LogP contribution in [0.4, 0.5) is 17.6 Å². The fourth-order valence-electron chi connectivity index (χ4n) is 5.56. The number of alkyl halides is 3. The van der Waals surface area contributed by atoms with Crippen molar-refractivity contribution in [2.75, 3.05) is 33.9 Å². The first-order valence-corrected chi connectivity index (χ1v) is 11.6. The number of carbonyl (C=O) groups excluding carboxylic acids is 2. The molecule has 194 valence electrons. The molecule has 0 bridgehead atoms. The SMILES string of the molecule is COc1ccc([C@@](OC)(C(=O)N2CCC3(CC2)CC(=O)NC[C@H]3c2ccc(F)cc2)C(F)(F)F)cc1. The maximum atomic E-state index is 14.5. The summed E-state index contributed by atoms with van der Waals surface area (Å²) in [4.78, 5) is 27.0. The van der Waals surface area contributed by atoms with Gasteiger partial charge in [-0.15, -0.1) is 0 Å². The van der Waals surface area contributed by atoms with Crippen LogP contribution in [-0.2, 0) is 19.9 Å². The van der Waals surface area contributed by atoms with E-state index in [1.54, 1.807) is 12.1 Å². The van der Waals surface area contributed by atoms with Crippen molar-refractivity contribution in [3.8, 4) is 5.75 Å². The molecule has 10 heteroatoms. The number of hydrogen-bond acceptors (Lipinski definition) is 4. The summed E-state index contributed by atoms with van der Waals surface area (Å²) in [6.45, 7) is 0.400. The van der Waals surface area contributed by atoms with Gasteiger partial charge in [0.05, 0.1) is 7.11 Å². The van der Waals surface area contributed by atoms with E-state index in [1.807, 2.05) is 0 Å². The Bertz CT molecular complexity index is 1100. The van der Waals surface area contributed by atoms with Gasteiger partial charge in [-0.05, 0) is 48.1 Å². The Balaban J connectivity index is 1.62. The smallest absolute Gasteiger partial charge is 0.430 e. The third kappa shape index (κ3) is 4.42. The van der Waals surface area contributed by atoms with Crippen molar-refractivity contribution < 1.29 is 36.6 Å². The molecule has 2 heterocycles. The average molecular weight is 509 g/mol. The quantitative estimate of drug-likeness (QED) is 0.617. The molecule has 0 aliphatic carbocycles. The van der Waals surface area contributed by atoms with E-state index < -0.39 is 23.1 Å². The molecule has 2 saturated heterocycles. The third-order valence-corrected chi connectivity index (χ3v) is 7.58. The number of rotatable bonds is 5. The van der Waals surface area contributed by atoms with Gasteiger partial charge in [0.15, 0.2) is 0 Å². The number of amides is 2. The van der Waals surface area contributed by atoms with Crippen molar-refractivity contribution in [3.63, 3.8) is 0 Å². The molecular formula is C26H28F4N2O4. The summed E-state index contributed by atoms with van der Waals surface area (Å²) in [5.41, 5.74) is -3.23. The van der Waals surface area contributed by atoms with E-state index in [1.165, 1.54) is 48.4 Å². The average Bonchev–Trinajstić information content (AvgIpc) is 2.85. The summed E-state index contributed by atoms with van der Waals surface area (Å²) in [6.07, 6.45) is -4.18. The van der Waals surface area contributed by atoms with Gasteiger partial charge in [0.1, 0.15) is 11.6 Å². The van der Waals surface area contributed by atoms with Gasteiger partial charge in [-0.25, -0.2) is 4.39 Å². The highest BCUT2D eigenvalue weighted by Crippen LogP contribution is 2.50. The summed E-state index contributed by atoms with van der Waals surface area (Å²) in [5, 5.41) is 2.84. The molecule has 2 amide bonds. The summed E-state index contributed by atoms with van der Waals surface area (Å²) >= 11 is 0. The van der Waals surface area contributed by atoms with Crippen molar-refractivity contribution in [2.45, 2.75) is 37.0 Å². The third-order valence-electron chi connectivity index (χ3n) is 7.58. The zero-order chi connectivity index (χ0) is 26.1. The number of nitrogens with one attached hydrogen (secondary N) is 1. The van der Waals surface area contributed by atoms with Crippen LogP contribution in [0.15, 0.2) is 48.5 Å². The van der Waals surface area contributed by atoms with Crippen molar-refractivity contribution in [2.24, 2.45) is 5.41 Å². The number of ether oxygens (including phenoxy) is 2. The minimum Gasteiger partial charge on any atom is -0.497 e. The van der Waals surface area contributed by atoms with Crippen LogP contribution in [0.2, 0.25) is 0 Å². The first-order valence-electron chi connectivity index (χ1n) is 11.6. The fraction of sp³-hybridized carbons (Fsp3) is 0.462. The van der Waals surface area contributed by atoms with Gasteiger partial charge in [-0.2, -0.15) is 13.2 Å². The molecule has 0 saturated carbocycles. The maximum absolute atomic E-state index is 14.5. The van der Waals surface area contributed by atoms with Gasteiger partial charge < -0.3 is 19.7 Å². The number of piperidine rings is 2. The molecular weight excluding hydrogens is 480 g/mol. The molecule has 2 aromatic rings. The van der Waals surface area contributed by atoms with Crippen LogP contribution in [0.3, 0.4) is 0 Å². The highest BCUT2D eigenvalue weighted by Gasteiger charge is 2.64. The van der Waals surface area contributed by atoms with Gasteiger partial charge >= 0.3 is 6.18 Å². The summed E-state index contributed by atoms with van der Waals surface area (Å²) in [6, 6.07) is 11.1. The minimum absolute atomic E-state index is 0.0289. The van der Waals surface area contributed by atoms with E-state index in [2.05, 4.69) is 5.32 Å². The lowest BCUT2D eigenvalue weighted by Gasteiger charge is -2.50. The highest BCUT2D eigenvalue weighted by molar-refractivity contribution is 5.88. The molecule has 4 rings (SSSR count). The predicted molar refractivity (Wildman–Crippen MR) is 123 cm³/mol. The fourth-order valence-corrected chi connectivity index (χ4v) is 5.56. The molecule has 1 spiro atoms. The van der Waals surface area contributed by atoms with E-state index >= 15 is 0 Å². The van der Waals surface area contributed by atoms with E-state index in [4.69, 9.17) is 9.47 Å². The normalized spacial score (nSPS) is 21.6. The molecule has 2 aliphatic heterocycles. The second-order valence-electron chi connectivity index (χ2n) is 9.35.